The van der Waals surface area contributed by atoms with Crippen LogP contribution < -0.4 is 10.1 Å². The zero-order valence-corrected chi connectivity index (χ0v) is 15.4. The van der Waals surface area contributed by atoms with E-state index < -0.39 is 0 Å². The fourth-order valence-corrected chi connectivity index (χ4v) is 2.71. The van der Waals surface area contributed by atoms with Crippen LogP contribution in [0.25, 0.3) is 0 Å². The normalized spacial score (nSPS) is 10.5. The van der Waals surface area contributed by atoms with E-state index in [2.05, 4.69) is 10.4 Å². The van der Waals surface area contributed by atoms with Crippen LogP contribution in [0.4, 0.5) is 0 Å². The van der Waals surface area contributed by atoms with Crippen LogP contribution in [0.2, 0.25) is 10.0 Å². The second kappa shape index (κ2) is 8.74. The van der Waals surface area contributed by atoms with Crippen LogP contribution in [0, 0.1) is 0 Å². The molecule has 1 amide bonds. The molecule has 2 aromatic carbocycles. The van der Waals surface area contributed by atoms with E-state index in [4.69, 9.17) is 27.9 Å². The average Bonchev–Trinajstić information content (AvgIpc) is 3.05. The molecule has 0 unspecified atom stereocenters. The summed E-state index contributed by atoms with van der Waals surface area (Å²) in [5, 5.41) is 8.12. The van der Waals surface area contributed by atoms with Gasteiger partial charge in [0.05, 0.1) is 17.8 Å². The van der Waals surface area contributed by atoms with E-state index in [0.29, 0.717) is 41.1 Å². The average molecular weight is 390 g/mol. The van der Waals surface area contributed by atoms with E-state index in [1.54, 1.807) is 35.3 Å². The minimum Gasteiger partial charge on any atom is -0.489 e. The summed E-state index contributed by atoms with van der Waals surface area (Å²) < 4.78 is 7.39. The Kier molecular flexibility index (Phi) is 6.15. The highest BCUT2D eigenvalue weighted by molar-refractivity contribution is 6.30. The van der Waals surface area contributed by atoms with Gasteiger partial charge in [0.15, 0.2) is 0 Å². The fraction of sp³-hybridized carbons (Fsp3) is 0.158. The first kappa shape index (κ1) is 18.3. The van der Waals surface area contributed by atoms with Gasteiger partial charge in [-0.05, 0) is 35.9 Å². The molecule has 26 heavy (non-hydrogen) atoms. The summed E-state index contributed by atoms with van der Waals surface area (Å²) in [5.74, 6) is 0.540. The fourth-order valence-electron chi connectivity index (χ4n) is 2.37. The van der Waals surface area contributed by atoms with Crippen molar-refractivity contribution < 1.29 is 9.53 Å². The Morgan fingerprint density at radius 2 is 1.96 bits per heavy atom. The summed E-state index contributed by atoms with van der Waals surface area (Å²) in [4.78, 5) is 12.3. The van der Waals surface area contributed by atoms with Crippen molar-refractivity contribution in [3.8, 4) is 5.75 Å². The molecular weight excluding hydrogens is 373 g/mol. The number of carbonyl (C=O) groups excluding carboxylic acids is 1. The maximum Gasteiger partial charge on any atom is 0.251 e. The lowest BCUT2D eigenvalue weighted by Gasteiger charge is -2.09. The van der Waals surface area contributed by atoms with Gasteiger partial charge in [-0.3, -0.25) is 9.48 Å². The molecule has 0 fully saturated rings. The van der Waals surface area contributed by atoms with Crippen molar-refractivity contribution in [3.63, 3.8) is 0 Å². The highest BCUT2D eigenvalue weighted by Crippen LogP contribution is 2.18. The number of nitrogens with zero attached hydrogens (tertiary/aromatic N) is 2. The van der Waals surface area contributed by atoms with Crippen LogP contribution in [0.3, 0.4) is 0 Å². The molecule has 134 valence electrons. The monoisotopic (exact) mass is 389 g/mol. The maximum absolute atomic E-state index is 12.3. The first-order valence-corrected chi connectivity index (χ1v) is 8.79. The molecule has 1 heterocycles. The molecule has 0 aliphatic carbocycles. The van der Waals surface area contributed by atoms with Crippen LogP contribution in [-0.4, -0.2) is 22.2 Å². The number of ether oxygens (including phenoxy) is 1. The quantitative estimate of drug-likeness (QED) is 0.658. The van der Waals surface area contributed by atoms with Gasteiger partial charge in [0.25, 0.3) is 5.91 Å². The second-order valence-corrected chi connectivity index (χ2v) is 6.50. The molecule has 0 bridgehead atoms. The predicted octanol–water partition coefficient (Wildman–Crippen LogP) is 4.20. The molecule has 0 saturated heterocycles. The van der Waals surface area contributed by atoms with Gasteiger partial charge in [0.2, 0.25) is 0 Å². The van der Waals surface area contributed by atoms with E-state index in [-0.39, 0.29) is 5.91 Å². The molecule has 1 N–H and O–H groups in total. The third kappa shape index (κ3) is 5.25. The van der Waals surface area contributed by atoms with E-state index >= 15 is 0 Å². The van der Waals surface area contributed by atoms with E-state index in [9.17, 15) is 4.79 Å². The summed E-state index contributed by atoms with van der Waals surface area (Å²) in [6, 6.07) is 14.5. The van der Waals surface area contributed by atoms with Gasteiger partial charge in [-0.15, -0.1) is 0 Å². The standard InChI is InChI=1S/C19H17Cl2N3O2/c20-16-5-2-6-18(10-16)26-13-14-3-1-4-15(9-14)19(25)22-7-8-24-12-17(21)11-23-24/h1-6,9-12H,7-8,13H2,(H,22,25). The van der Waals surface area contributed by atoms with E-state index in [0.717, 1.165) is 5.56 Å². The van der Waals surface area contributed by atoms with Gasteiger partial charge < -0.3 is 10.1 Å². The molecule has 0 atom stereocenters. The summed E-state index contributed by atoms with van der Waals surface area (Å²) in [7, 11) is 0. The van der Waals surface area contributed by atoms with Crippen LogP contribution >= 0.6 is 23.2 Å². The number of carbonyl (C=O) groups is 1. The number of amides is 1. The Morgan fingerprint density at radius 1 is 1.12 bits per heavy atom. The molecule has 0 aliphatic rings. The van der Waals surface area contributed by atoms with E-state index in [1.807, 2.05) is 30.3 Å². The zero-order valence-electron chi connectivity index (χ0n) is 13.9. The Morgan fingerprint density at radius 3 is 2.73 bits per heavy atom. The number of benzene rings is 2. The summed E-state index contributed by atoms with van der Waals surface area (Å²) >= 11 is 11.7. The molecule has 0 radical (unpaired) electrons. The third-order valence-electron chi connectivity index (χ3n) is 3.62. The topological polar surface area (TPSA) is 56.2 Å². The molecule has 3 aromatic rings. The second-order valence-electron chi connectivity index (χ2n) is 5.62. The molecule has 0 spiro atoms. The smallest absolute Gasteiger partial charge is 0.251 e. The highest BCUT2D eigenvalue weighted by Gasteiger charge is 2.07. The van der Waals surface area contributed by atoms with Crippen molar-refractivity contribution in [1.82, 2.24) is 15.1 Å². The van der Waals surface area contributed by atoms with Crippen molar-refractivity contribution in [2.24, 2.45) is 0 Å². The molecular formula is C19H17Cl2N3O2. The summed E-state index contributed by atoms with van der Waals surface area (Å²) in [6.07, 6.45) is 3.27. The molecule has 1 aromatic heterocycles. The lowest BCUT2D eigenvalue weighted by Crippen LogP contribution is -2.27. The zero-order chi connectivity index (χ0) is 18.4. The minimum absolute atomic E-state index is 0.146. The Labute approximate surface area is 161 Å². The van der Waals surface area contributed by atoms with Gasteiger partial charge in [0, 0.05) is 23.3 Å². The molecule has 0 aliphatic heterocycles. The maximum atomic E-state index is 12.3. The summed E-state index contributed by atoms with van der Waals surface area (Å²) in [6.45, 7) is 1.36. The number of nitrogens with one attached hydrogen (secondary N) is 1. The third-order valence-corrected chi connectivity index (χ3v) is 4.05. The van der Waals surface area contributed by atoms with Gasteiger partial charge in [-0.25, -0.2) is 0 Å². The molecule has 5 nitrogen and oxygen atoms in total. The minimum atomic E-state index is -0.146. The van der Waals surface area contributed by atoms with Crippen LogP contribution in [0.1, 0.15) is 15.9 Å². The van der Waals surface area contributed by atoms with Gasteiger partial charge >= 0.3 is 0 Å². The van der Waals surface area contributed by atoms with E-state index in [1.165, 1.54) is 0 Å². The predicted molar refractivity (Wildman–Crippen MR) is 102 cm³/mol. The van der Waals surface area contributed by atoms with Crippen molar-refractivity contribution in [3.05, 3.63) is 82.1 Å². The molecule has 7 heteroatoms. The van der Waals surface area contributed by atoms with Crippen LogP contribution in [0.15, 0.2) is 60.9 Å². The number of aromatic nitrogens is 2. The number of hydrogen-bond donors (Lipinski definition) is 1. The largest absolute Gasteiger partial charge is 0.489 e. The van der Waals surface area contributed by atoms with Crippen molar-refractivity contribution in [1.29, 1.82) is 0 Å². The van der Waals surface area contributed by atoms with Crippen molar-refractivity contribution >= 4 is 29.1 Å². The number of rotatable bonds is 7. The molecule has 3 rings (SSSR count). The first-order valence-electron chi connectivity index (χ1n) is 8.03. The SMILES string of the molecule is O=C(NCCn1cc(Cl)cn1)c1cccc(COc2cccc(Cl)c2)c1. The highest BCUT2D eigenvalue weighted by atomic mass is 35.5. The first-order chi connectivity index (χ1) is 12.6. The van der Waals surface area contributed by atoms with Gasteiger partial charge in [0.1, 0.15) is 12.4 Å². The van der Waals surface area contributed by atoms with Crippen LogP contribution in [0.5, 0.6) is 5.75 Å². The van der Waals surface area contributed by atoms with Crippen molar-refractivity contribution in [2.75, 3.05) is 6.54 Å². The Bertz CT molecular complexity index is 896. The van der Waals surface area contributed by atoms with Crippen molar-refractivity contribution in [2.45, 2.75) is 13.2 Å². The Hall–Kier alpha value is -2.50. The lowest BCUT2D eigenvalue weighted by molar-refractivity contribution is 0.0951. The molecule has 0 saturated carbocycles. The number of hydrogen-bond acceptors (Lipinski definition) is 3. The summed E-state index contributed by atoms with van der Waals surface area (Å²) in [5.41, 5.74) is 1.48. The number of halogens is 2. The lowest BCUT2D eigenvalue weighted by atomic mass is 10.1. The van der Waals surface area contributed by atoms with Crippen LogP contribution in [-0.2, 0) is 13.2 Å². The van der Waals surface area contributed by atoms with Gasteiger partial charge in [-0.1, -0.05) is 41.4 Å². The Balaban J connectivity index is 1.53. The van der Waals surface area contributed by atoms with Gasteiger partial charge in [-0.2, -0.15) is 5.10 Å².